The highest BCUT2D eigenvalue weighted by Gasteiger charge is 2.19. The third-order valence-electron chi connectivity index (χ3n) is 1.64. The van der Waals surface area contributed by atoms with Crippen LogP contribution in [0, 0.1) is 0 Å². The Bertz CT molecular complexity index is 355. The number of pyridine rings is 1. The van der Waals surface area contributed by atoms with Gasteiger partial charge in [0.25, 0.3) is 6.43 Å². The third kappa shape index (κ3) is 1.78. The van der Waals surface area contributed by atoms with Gasteiger partial charge in [0.2, 0.25) is 0 Å². The van der Waals surface area contributed by atoms with E-state index in [1.54, 1.807) is 0 Å². The summed E-state index contributed by atoms with van der Waals surface area (Å²) in [6, 6.07) is 1.06. The summed E-state index contributed by atoms with van der Waals surface area (Å²) in [5.41, 5.74) is 4.28. The first-order valence-corrected chi connectivity index (χ1v) is 3.68. The molecule has 0 aliphatic carbocycles. The lowest BCUT2D eigenvalue weighted by Gasteiger charge is -2.07. The van der Waals surface area contributed by atoms with Crippen molar-refractivity contribution in [2.24, 2.45) is 0 Å². The summed E-state index contributed by atoms with van der Waals surface area (Å²) >= 11 is 0. The number of aromatic nitrogens is 1. The van der Waals surface area contributed by atoms with Crippen LogP contribution in [0.25, 0.3) is 0 Å². The Morgan fingerprint density at radius 3 is 2.79 bits per heavy atom. The maximum absolute atomic E-state index is 12.3. The van der Waals surface area contributed by atoms with Crippen LogP contribution in [-0.2, 0) is 4.74 Å². The molecule has 0 aliphatic heterocycles. The first kappa shape index (κ1) is 10.4. The molecular formula is C8H8F2N2O2. The van der Waals surface area contributed by atoms with Gasteiger partial charge >= 0.3 is 5.97 Å². The molecule has 1 aromatic rings. The monoisotopic (exact) mass is 202 g/mol. The number of carbonyl (C=O) groups is 1. The molecule has 1 rings (SSSR count). The largest absolute Gasteiger partial charge is 0.464 e. The predicted octanol–water partition coefficient (Wildman–Crippen LogP) is 1.39. The number of rotatable bonds is 2. The lowest BCUT2D eigenvalue weighted by atomic mass is 10.2. The maximum atomic E-state index is 12.3. The van der Waals surface area contributed by atoms with Gasteiger partial charge in [0.05, 0.1) is 12.8 Å². The van der Waals surface area contributed by atoms with E-state index in [0.717, 1.165) is 19.4 Å². The average molecular weight is 202 g/mol. The van der Waals surface area contributed by atoms with Gasteiger partial charge in [-0.2, -0.15) is 0 Å². The highest BCUT2D eigenvalue weighted by Crippen LogP contribution is 2.26. The van der Waals surface area contributed by atoms with Crippen LogP contribution in [0.1, 0.15) is 22.5 Å². The summed E-state index contributed by atoms with van der Waals surface area (Å²) in [7, 11) is 1.12. The smallest absolute Gasteiger partial charge is 0.358 e. The van der Waals surface area contributed by atoms with Gasteiger partial charge in [-0.1, -0.05) is 0 Å². The van der Waals surface area contributed by atoms with E-state index in [1.165, 1.54) is 0 Å². The highest BCUT2D eigenvalue weighted by molar-refractivity contribution is 5.93. The number of hydrogen-bond donors (Lipinski definition) is 1. The van der Waals surface area contributed by atoms with E-state index in [4.69, 9.17) is 5.73 Å². The number of methoxy groups -OCH3 is 1. The van der Waals surface area contributed by atoms with E-state index < -0.39 is 18.0 Å². The fraction of sp³-hybridized carbons (Fsp3) is 0.250. The van der Waals surface area contributed by atoms with Crippen LogP contribution < -0.4 is 5.73 Å². The Morgan fingerprint density at radius 2 is 2.29 bits per heavy atom. The number of hydrogen-bond acceptors (Lipinski definition) is 4. The van der Waals surface area contributed by atoms with Gasteiger partial charge < -0.3 is 10.5 Å². The van der Waals surface area contributed by atoms with Crippen LogP contribution in [-0.4, -0.2) is 18.1 Å². The highest BCUT2D eigenvalue weighted by atomic mass is 19.3. The van der Waals surface area contributed by atoms with Gasteiger partial charge in [0, 0.05) is 11.8 Å². The Balaban J connectivity index is 3.20. The number of esters is 1. The van der Waals surface area contributed by atoms with Crippen LogP contribution in [0.3, 0.4) is 0 Å². The zero-order valence-electron chi connectivity index (χ0n) is 7.33. The zero-order chi connectivity index (χ0) is 10.7. The second-order valence-electron chi connectivity index (χ2n) is 2.45. The van der Waals surface area contributed by atoms with Crippen molar-refractivity contribution in [3.63, 3.8) is 0 Å². The molecule has 0 fully saturated rings. The number of nitrogens with two attached hydrogens (primary N) is 1. The van der Waals surface area contributed by atoms with E-state index in [-0.39, 0.29) is 11.4 Å². The average Bonchev–Trinajstić information content (AvgIpc) is 2.16. The van der Waals surface area contributed by atoms with Crippen LogP contribution >= 0.6 is 0 Å². The molecule has 0 amide bonds. The van der Waals surface area contributed by atoms with Crippen molar-refractivity contribution in [1.29, 1.82) is 0 Å². The molecule has 0 aromatic carbocycles. The minimum Gasteiger partial charge on any atom is -0.464 e. The first-order valence-electron chi connectivity index (χ1n) is 3.68. The zero-order valence-corrected chi connectivity index (χ0v) is 7.33. The normalized spacial score (nSPS) is 10.3. The van der Waals surface area contributed by atoms with E-state index in [0.29, 0.717) is 0 Å². The predicted molar refractivity (Wildman–Crippen MR) is 44.9 cm³/mol. The molecule has 14 heavy (non-hydrogen) atoms. The van der Waals surface area contributed by atoms with Gasteiger partial charge in [-0.3, -0.25) is 0 Å². The van der Waals surface area contributed by atoms with Crippen LogP contribution in [0.4, 0.5) is 14.5 Å². The van der Waals surface area contributed by atoms with Crippen molar-refractivity contribution in [2.45, 2.75) is 6.43 Å². The number of ether oxygens (including phenoxy) is 1. The summed E-state index contributed by atoms with van der Waals surface area (Å²) in [6.07, 6.45) is -1.65. The van der Waals surface area contributed by atoms with E-state index in [9.17, 15) is 13.6 Å². The molecule has 76 valence electrons. The number of anilines is 1. The SMILES string of the molecule is COC(=O)c1nccc(C(F)F)c1N. The van der Waals surface area contributed by atoms with Crippen molar-refractivity contribution in [3.05, 3.63) is 23.5 Å². The fourth-order valence-corrected chi connectivity index (χ4v) is 0.938. The van der Waals surface area contributed by atoms with E-state index in [2.05, 4.69) is 9.72 Å². The van der Waals surface area contributed by atoms with Crippen molar-refractivity contribution in [2.75, 3.05) is 12.8 Å². The number of nitrogen functional groups attached to an aromatic ring is 1. The molecule has 0 atom stereocenters. The second kappa shape index (κ2) is 3.99. The van der Waals surface area contributed by atoms with Gasteiger partial charge in [0.1, 0.15) is 0 Å². The van der Waals surface area contributed by atoms with Gasteiger partial charge in [-0.05, 0) is 6.07 Å². The van der Waals surface area contributed by atoms with Crippen molar-refractivity contribution < 1.29 is 18.3 Å². The number of carbonyl (C=O) groups excluding carboxylic acids is 1. The molecular weight excluding hydrogens is 194 g/mol. The van der Waals surface area contributed by atoms with Crippen LogP contribution in [0.15, 0.2) is 12.3 Å². The Labute approximate surface area is 78.7 Å². The summed E-state index contributed by atoms with van der Waals surface area (Å²) in [5, 5.41) is 0. The summed E-state index contributed by atoms with van der Waals surface area (Å²) in [5.74, 6) is -0.829. The van der Waals surface area contributed by atoms with Crippen molar-refractivity contribution in [1.82, 2.24) is 4.98 Å². The molecule has 0 saturated heterocycles. The fourth-order valence-electron chi connectivity index (χ4n) is 0.938. The van der Waals surface area contributed by atoms with Crippen LogP contribution in [0.5, 0.6) is 0 Å². The lowest BCUT2D eigenvalue weighted by molar-refractivity contribution is 0.0595. The molecule has 1 aromatic heterocycles. The van der Waals surface area contributed by atoms with Gasteiger partial charge in [-0.15, -0.1) is 0 Å². The topological polar surface area (TPSA) is 65.2 Å². The standard InChI is InChI=1S/C8H8F2N2O2/c1-14-8(13)6-5(11)4(7(9)10)2-3-12-6/h2-3,7H,11H2,1H3. The Morgan fingerprint density at radius 1 is 1.64 bits per heavy atom. The summed E-state index contributed by atoms with van der Waals surface area (Å²) in [6.45, 7) is 0. The van der Waals surface area contributed by atoms with Gasteiger partial charge in [-0.25, -0.2) is 18.6 Å². The van der Waals surface area contributed by atoms with Crippen LogP contribution in [0.2, 0.25) is 0 Å². The molecule has 1 heterocycles. The molecule has 2 N–H and O–H groups in total. The Hall–Kier alpha value is -1.72. The van der Waals surface area contributed by atoms with Crippen molar-refractivity contribution >= 4 is 11.7 Å². The lowest BCUT2D eigenvalue weighted by Crippen LogP contribution is -2.10. The maximum Gasteiger partial charge on any atom is 0.358 e. The number of halogens is 2. The minimum absolute atomic E-state index is 0.287. The van der Waals surface area contributed by atoms with E-state index >= 15 is 0 Å². The Kier molecular flexibility index (Phi) is 2.95. The molecule has 0 unspecified atom stereocenters. The molecule has 0 spiro atoms. The quantitative estimate of drug-likeness (QED) is 0.736. The van der Waals surface area contributed by atoms with E-state index in [1.807, 2.05) is 0 Å². The summed E-state index contributed by atoms with van der Waals surface area (Å²) in [4.78, 5) is 14.6. The van der Waals surface area contributed by atoms with Crippen molar-refractivity contribution in [3.8, 4) is 0 Å². The molecule has 6 heteroatoms. The molecule has 0 radical (unpaired) electrons. The number of alkyl halides is 2. The first-order chi connectivity index (χ1) is 6.57. The molecule has 0 aliphatic rings. The second-order valence-corrected chi connectivity index (χ2v) is 2.45. The minimum atomic E-state index is -2.73. The molecule has 0 saturated carbocycles. The van der Waals surface area contributed by atoms with Gasteiger partial charge in [0.15, 0.2) is 5.69 Å². The summed E-state index contributed by atoms with van der Waals surface area (Å²) < 4.78 is 29.0. The number of nitrogens with zero attached hydrogens (tertiary/aromatic N) is 1. The molecule has 4 nitrogen and oxygen atoms in total. The third-order valence-corrected chi connectivity index (χ3v) is 1.64. The molecule has 0 bridgehead atoms.